The summed E-state index contributed by atoms with van der Waals surface area (Å²) in [4.78, 5) is 0. The first kappa shape index (κ1) is 14.2. The topological polar surface area (TPSA) is 12.0 Å². The van der Waals surface area contributed by atoms with E-state index in [4.69, 9.17) is 0 Å². The summed E-state index contributed by atoms with van der Waals surface area (Å²) < 4.78 is 0. The molecule has 1 nitrogen and oxygen atoms in total. The van der Waals surface area contributed by atoms with Crippen LogP contribution in [0.15, 0.2) is 30.3 Å². The summed E-state index contributed by atoms with van der Waals surface area (Å²) >= 11 is 0. The highest BCUT2D eigenvalue weighted by Crippen LogP contribution is 2.20. The normalized spacial score (nSPS) is 14.5. The average molecular weight is 233 g/mol. The lowest BCUT2D eigenvalue weighted by atomic mass is 9.99. The number of rotatable bonds is 8. The molecule has 0 amide bonds. The highest BCUT2D eigenvalue weighted by Gasteiger charge is 2.12. The molecule has 0 heterocycles. The molecular formula is C16H27N. The predicted octanol–water partition coefficient (Wildman–Crippen LogP) is 4.70. The first-order valence-corrected chi connectivity index (χ1v) is 7.08. The highest BCUT2D eigenvalue weighted by atomic mass is 14.9. The second-order valence-electron chi connectivity index (χ2n) is 4.96. The summed E-state index contributed by atoms with van der Waals surface area (Å²) in [7, 11) is 0. The van der Waals surface area contributed by atoms with Crippen molar-refractivity contribution in [2.24, 2.45) is 0 Å². The molecule has 2 atom stereocenters. The molecule has 1 rings (SSSR count). The number of hydrogen-bond acceptors (Lipinski definition) is 1. The monoisotopic (exact) mass is 233 g/mol. The van der Waals surface area contributed by atoms with Crippen LogP contribution in [-0.2, 0) is 0 Å². The third-order valence-electron chi connectivity index (χ3n) is 3.26. The van der Waals surface area contributed by atoms with E-state index in [0.29, 0.717) is 12.1 Å². The molecule has 0 saturated heterocycles. The van der Waals surface area contributed by atoms with Crippen molar-refractivity contribution in [3.8, 4) is 0 Å². The molecule has 0 fully saturated rings. The van der Waals surface area contributed by atoms with E-state index in [-0.39, 0.29) is 0 Å². The van der Waals surface area contributed by atoms with Gasteiger partial charge < -0.3 is 5.32 Å². The Morgan fingerprint density at radius 3 is 2.29 bits per heavy atom. The van der Waals surface area contributed by atoms with E-state index >= 15 is 0 Å². The Balaban J connectivity index is 2.60. The second kappa shape index (κ2) is 8.30. The fourth-order valence-electron chi connectivity index (χ4n) is 2.30. The summed E-state index contributed by atoms with van der Waals surface area (Å²) in [5.41, 5.74) is 1.43. The van der Waals surface area contributed by atoms with Crippen LogP contribution in [0.1, 0.15) is 64.5 Å². The fraction of sp³-hybridized carbons (Fsp3) is 0.625. The quantitative estimate of drug-likeness (QED) is 0.686. The van der Waals surface area contributed by atoms with E-state index in [1.807, 2.05) is 0 Å². The van der Waals surface area contributed by atoms with E-state index in [2.05, 4.69) is 56.4 Å². The van der Waals surface area contributed by atoms with E-state index in [1.54, 1.807) is 0 Å². The summed E-state index contributed by atoms with van der Waals surface area (Å²) in [5, 5.41) is 3.77. The molecule has 0 radical (unpaired) electrons. The van der Waals surface area contributed by atoms with Crippen LogP contribution in [0.4, 0.5) is 0 Å². The van der Waals surface area contributed by atoms with Gasteiger partial charge in [-0.05, 0) is 25.3 Å². The van der Waals surface area contributed by atoms with Crippen LogP contribution in [-0.4, -0.2) is 6.04 Å². The number of unbranched alkanes of at least 4 members (excludes halogenated alkanes) is 1. The molecule has 0 spiro atoms. The lowest BCUT2D eigenvalue weighted by molar-refractivity contribution is 0.406. The predicted molar refractivity (Wildman–Crippen MR) is 76.2 cm³/mol. The van der Waals surface area contributed by atoms with Crippen molar-refractivity contribution in [3.63, 3.8) is 0 Å². The van der Waals surface area contributed by atoms with Crippen LogP contribution < -0.4 is 5.32 Å². The van der Waals surface area contributed by atoms with Gasteiger partial charge in [0.15, 0.2) is 0 Å². The Labute approximate surface area is 107 Å². The summed E-state index contributed by atoms with van der Waals surface area (Å²) in [6.45, 7) is 6.81. The van der Waals surface area contributed by atoms with Gasteiger partial charge in [0.25, 0.3) is 0 Å². The zero-order valence-corrected chi connectivity index (χ0v) is 11.6. The van der Waals surface area contributed by atoms with Gasteiger partial charge in [-0.25, -0.2) is 0 Å². The fourth-order valence-corrected chi connectivity index (χ4v) is 2.30. The molecule has 17 heavy (non-hydrogen) atoms. The maximum Gasteiger partial charge on any atom is 0.0322 e. The van der Waals surface area contributed by atoms with E-state index < -0.39 is 0 Å². The second-order valence-corrected chi connectivity index (χ2v) is 4.96. The van der Waals surface area contributed by atoms with Gasteiger partial charge in [0.1, 0.15) is 0 Å². The Morgan fingerprint density at radius 2 is 1.71 bits per heavy atom. The van der Waals surface area contributed by atoms with Crippen LogP contribution >= 0.6 is 0 Å². The van der Waals surface area contributed by atoms with E-state index in [9.17, 15) is 0 Å². The molecule has 0 aromatic heterocycles. The van der Waals surface area contributed by atoms with E-state index in [0.717, 1.165) is 0 Å². The van der Waals surface area contributed by atoms with E-state index in [1.165, 1.54) is 37.7 Å². The van der Waals surface area contributed by atoms with Crippen molar-refractivity contribution < 1.29 is 0 Å². The lowest BCUT2D eigenvalue weighted by Gasteiger charge is -2.23. The van der Waals surface area contributed by atoms with Gasteiger partial charge in [-0.15, -0.1) is 0 Å². The summed E-state index contributed by atoms with van der Waals surface area (Å²) in [5.74, 6) is 0. The molecule has 0 saturated carbocycles. The first-order valence-electron chi connectivity index (χ1n) is 7.08. The highest BCUT2D eigenvalue weighted by molar-refractivity contribution is 5.18. The number of hydrogen-bond donors (Lipinski definition) is 1. The van der Waals surface area contributed by atoms with Gasteiger partial charge in [-0.3, -0.25) is 0 Å². The van der Waals surface area contributed by atoms with Crippen LogP contribution in [0.5, 0.6) is 0 Å². The van der Waals surface area contributed by atoms with Gasteiger partial charge in [0.2, 0.25) is 0 Å². The molecular weight excluding hydrogens is 206 g/mol. The van der Waals surface area contributed by atoms with Gasteiger partial charge in [-0.1, -0.05) is 63.4 Å². The Hall–Kier alpha value is -0.820. The molecule has 0 aliphatic carbocycles. The third kappa shape index (κ3) is 5.36. The largest absolute Gasteiger partial charge is 0.307 e. The molecule has 96 valence electrons. The van der Waals surface area contributed by atoms with Crippen LogP contribution in [0.25, 0.3) is 0 Å². The van der Waals surface area contributed by atoms with Crippen LogP contribution in [0.2, 0.25) is 0 Å². The van der Waals surface area contributed by atoms with Crippen molar-refractivity contribution in [3.05, 3.63) is 35.9 Å². The maximum absolute atomic E-state index is 3.77. The third-order valence-corrected chi connectivity index (χ3v) is 3.26. The zero-order valence-electron chi connectivity index (χ0n) is 11.6. The van der Waals surface area contributed by atoms with Crippen molar-refractivity contribution >= 4 is 0 Å². The van der Waals surface area contributed by atoms with Crippen LogP contribution in [0.3, 0.4) is 0 Å². The first-order chi connectivity index (χ1) is 8.27. The Kier molecular flexibility index (Phi) is 6.95. The molecule has 1 N–H and O–H groups in total. The Bertz CT molecular complexity index is 281. The summed E-state index contributed by atoms with van der Waals surface area (Å²) in [6, 6.07) is 12.0. The van der Waals surface area contributed by atoms with Crippen molar-refractivity contribution in [1.29, 1.82) is 0 Å². The standard InChI is InChI=1S/C16H27N/c1-4-6-13-16(17-14(3)10-5-2)15-11-8-7-9-12-15/h7-9,11-12,14,16-17H,4-6,10,13H2,1-3H3. The molecule has 1 heteroatoms. The molecule has 0 bridgehead atoms. The molecule has 1 aromatic carbocycles. The molecule has 1 aromatic rings. The molecule has 0 aliphatic rings. The number of nitrogens with one attached hydrogen (secondary N) is 1. The zero-order chi connectivity index (χ0) is 12.5. The molecule has 0 aliphatic heterocycles. The van der Waals surface area contributed by atoms with Gasteiger partial charge >= 0.3 is 0 Å². The molecule has 2 unspecified atom stereocenters. The minimum Gasteiger partial charge on any atom is -0.307 e. The van der Waals surface area contributed by atoms with Crippen molar-refractivity contribution in [2.45, 2.75) is 65.0 Å². The van der Waals surface area contributed by atoms with Gasteiger partial charge in [0, 0.05) is 12.1 Å². The average Bonchev–Trinajstić information content (AvgIpc) is 2.36. The van der Waals surface area contributed by atoms with Gasteiger partial charge in [0.05, 0.1) is 0 Å². The lowest BCUT2D eigenvalue weighted by Crippen LogP contribution is -2.30. The SMILES string of the molecule is CCCCC(NC(C)CCC)c1ccccc1. The van der Waals surface area contributed by atoms with Crippen molar-refractivity contribution in [1.82, 2.24) is 5.32 Å². The minimum atomic E-state index is 0.526. The Morgan fingerprint density at radius 1 is 1.00 bits per heavy atom. The smallest absolute Gasteiger partial charge is 0.0322 e. The minimum absolute atomic E-state index is 0.526. The van der Waals surface area contributed by atoms with Gasteiger partial charge in [-0.2, -0.15) is 0 Å². The number of benzene rings is 1. The van der Waals surface area contributed by atoms with Crippen LogP contribution in [0, 0.1) is 0 Å². The van der Waals surface area contributed by atoms with Crippen molar-refractivity contribution in [2.75, 3.05) is 0 Å². The maximum atomic E-state index is 3.77. The summed E-state index contributed by atoms with van der Waals surface area (Å²) in [6.07, 6.45) is 6.33.